The maximum atomic E-state index is 6.13. The third kappa shape index (κ3) is 3.45. The number of anilines is 1. The Balaban J connectivity index is 1.70. The molecule has 1 spiro atoms. The summed E-state index contributed by atoms with van der Waals surface area (Å²) in [4.78, 5) is 5.03. The Morgan fingerprint density at radius 3 is 2.77 bits per heavy atom. The first-order chi connectivity index (χ1) is 12.7. The van der Waals surface area contributed by atoms with E-state index < -0.39 is 0 Å². The molecule has 2 aliphatic heterocycles. The maximum absolute atomic E-state index is 6.13. The zero-order valence-electron chi connectivity index (χ0n) is 14.9. The van der Waals surface area contributed by atoms with Crippen LogP contribution < -0.4 is 10.1 Å². The molecule has 0 aliphatic carbocycles. The molecular weight excluding hydrogens is 364 g/mol. The number of ether oxygens (including phenoxy) is 1. The molecule has 0 unspecified atom stereocenters. The highest BCUT2D eigenvalue weighted by molar-refractivity contribution is 7.99. The van der Waals surface area contributed by atoms with Crippen LogP contribution in [-0.2, 0) is 13.0 Å². The van der Waals surface area contributed by atoms with E-state index >= 15 is 0 Å². The molecule has 5 heteroatoms. The predicted molar refractivity (Wildman–Crippen MR) is 112 cm³/mol. The van der Waals surface area contributed by atoms with Gasteiger partial charge in [-0.3, -0.25) is 4.99 Å². The largest absolute Gasteiger partial charge is 0.495 e. The van der Waals surface area contributed by atoms with Crippen molar-refractivity contribution in [3.63, 3.8) is 0 Å². The van der Waals surface area contributed by atoms with E-state index in [0.717, 1.165) is 47.1 Å². The number of nitrogens with zero attached hydrogens (tertiary/aromatic N) is 1. The smallest absolute Gasteiger partial charge is 0.142 e. The number of hydrogen-bond acceptors (Lipinski definition) is 3. The average Bonchev–Trinajstić information content (AvgIpc) is 2.66. The molecule has 0 aromatic heterocycles. The van der Waals surface area contributed by atoms with E-state index in [1.54, 1.807) is 7.11 Å². The minimum absolute atomic E-state index is 0.114. The van der Waals surface area contributed by atoms with Gasteiger partial charge in [0.2, 0.25) is 0 Å². The van der Waals surface area contributed by atoms with Gasteiger partial charge < -0.3 is 10.1 Å². The number of amidine groups is 1. The summed E-state index contributed by atoms with van der Waals surface area (Å²) in [6, 6.07) is 14.3. The third-order valence-corrected chi connectivity index (χ3v) is 6.59. The number of methoxy groups -OCH3 is 1. The normalized spacial score (nSPS) is 19.8. The summed E-state index contributed by atoms with van der Waals surface area (Å²) in [6.45, 7) is 0.641. The van der Waals surface area contributed by atoms with E-state index in [-0.39, 0.29) is 5.41 Å². The zero-order valence-corrected chi connectivity index (χ0v) is 16.5. The molecule has 0 saturated carbocycles. The Bertz CT molecular complexity index is 831. The zero-order chi connectivity index (χ0) is 18.0. The molecule has 4 rings (SSSR count). The average molecular weight is 387 g/mol. The van der Waals surface area contributed by atoms with Crippen molar-refractivity contribution in [2.75, 3.05) is 23.9 Å². The van der Waals surface area contributed by atoms with Gasteiger partial charge in [-0.2, -0.15) is 11.8 Å². The summed E-state index contributed by atoms with van der Waals surface area (Å²) < 4.78 is 5.58. The van der Waals surface area contributed by atoms with Crippen molar-refractivity contribution in [3.05, 3.63) is 58.6 Å². The molecule has 1 N–H and O–H groups in total. The van der Waals surface area contributed by atoms with Crippen LogP contribution in [0.25, 0.3) is 0 Å². The van der Waals surface area contributed by atoms with Crippen LogP contribution in [0.4, 0.5) is 5.69 Å². The van der Waals surface area contributed by atoms with Gasteiger partial charge in [-0.1, -0.05) is 35.9 Å². The lowest BCUT2D eigenvalue weighted by atomic mass is 9.72. The first kappa shape index (κ1) is 17.7. The summed E-state index contributed by atoms with van der Waals surface area (Å²) in [5, 5.41) is 4.40. The van der Waals surface area contributed by atoms with Crippen molar-refractivity contribution < 1.29 is 4.74 Å². The maximum Gasteiger partial charge on any atom is 0.142 e. The lowest BCUT2D eigenvalue weighted by Crippen LogP contribution is -2.44. The van der Waals surface area contributed by atoms with Gasteiger partial charge in [0.25, 0.3) is 0 Å². The molecule has 3 nitrogen and oxygen atoms in total. The Morgan fingerprint density at radius 1 is 1.19 bits per heavy atom. The van der Waals surface area contributed by atoms with Crippen molar-refractivity contribution in [1.82, 2.24) is 0 Å². The fourth-order valence-electron chi connectivity index (χ4n) is 3.92. The monoisotopic (exact) mass is 386 g/mol. The van der Waals surface area contributed by atoms with Crippen LogP contribution in [0.1, 0.15) is 24.0 Å². The predicted octanol–water partition coefficient (Wildman–Crippen LogP) is 5.43. The van der Waals surface area contributed by atoms with Crippen LogP contribution in [0.2, 0.25) is 5.02 Å². The first-order valence-corrected chi connectivity index (χ1v) is 10.5. The number of hydrogen-bond donors (Lipinski definition) is 1. The highest BCUT2D eigenvalue weighted by atomic mass is 35.5. The quantitative estimate of drug-likeness (QED) is 0.763. The van der Waals surface area contributed by atoms with Gasteiger partial charge in [-0.25, -0.2) is 0 Å². The molecule has 136 valence electrons. The molecule has 2 aliphatic rings. The lowest BCUT2D eigenvalue weighted by molar-refractivity contribution is 0.373. The van der Waals surface area contributed by atoms with Crippen LogP contribution in [0.15, 0.2) is 47.5 Å². The number of halogens is 1. The summed E-state index contributed by atoms with van der Waals surface area (Å²) in [5.74, 6) is 4.38. The lowest BCUT2D eigenvalue weighted by Gasteiger charge is -2.42. The van der Waals surface area contributed by atoms with E-state index in [2.05, 4.69) is 23.5 Å². The number of benzene rings is 2. The summed E-state index contributed by atoms with van der Waals surface area (Å²) in [5.41, 5.74) is 3.66. The summed E-state index contributed by atoms with van der Waals surface area (Å²) in [6.07, 6.45) is 3.35. The molecule has 0 amide bonds. The molecular formula is C21H23ClN2OS. The second-order valence-electron chi connectivity index (χ2n) is 6.98. The van der Waals surface area contributed by atoms with E-state index in [1.807, 2.05) is 36.0 Å². The molecule has 0 atom stereocenters. The molecule has 26 heavy (non-hydrogen) atoms. The van der Waals surface area contributed by atoms with Crippen molar-refractivity contribution in [1.29, 1.82) is 0 Å². The molecule has 0 radical (unpaired) electrons. The van der Waals surface area contributed by atoms with E-state index in [0.29, 0.717) is 6.54 Å². The van der Waals surface area contributed by atoms with E-state index in [4.69, 9.17) is 21.3 Å². The van der Waals surface area contributed by atoms with Gasteiger partial charge >= 0.3 is 0 Å². The molecule has 1 saturated heterocycles. The van der Waals surface area contributed by atoms with Crippen molar-refractivity contribution in [2.24, 2.45) is 10.4 Å². The minimum Gasteiger partial charge on any atom is -0.495 e. The van der Waals surface area contributed by atoms with Gasteiger partial charge in [-0.05, 0) is 60.1 Å². The van der Waals surface area contributed by atoms with Gasteiger partial charge in [0.15, 0.2) is 0 Å². The second kappa shape index (κ2) is 7.53. The Hall–Kier alpha value is -1.65. The highest BCUT2D eigenvalue weighted by Crippen LogP contribution is 2.46. The highest BCUT2D eigenvalue weighted by Gasteiger charge is 2.42. The van der Waals surface area contributed by atoms with E-state index in [9.17, 15) is 0 Å². The number of fused-ring (bicyclic) bond motifs is 1. The van der Waals surface area contributed by atoms with Crippen molar-refractivity contribution in [2.45, 2.75) is 25.8 Å². The molecule has 0 bridgehead atoms. The fraction of sp³-hybridized carbons (Fsp3) is 0.381. The van der Waals surface area contributed by atoms with Gasteiger partial charge in [-0.15, -0.1) is 0 Å². The van der Waals surface area contributed by atoms with Crippen LogP contribution in [0.5, 0.6) is 5.75 Å². The molecule has 2 aromatic rings. The van der Waals surface area contributed by atoms with Crippen LogP contribution >= 0.6 is 23.4 Å². The number of aliphatic imine (C=N–C) groups is 1. The second-order valence-corrected chi connectivity index (χ2v) is 8.64. The van der Waals surface area contributed by atoms with Crippen LogP contribution in [0, 0.1) is 5.41 Å². The van der Waals surface area contributed by atoms with Gasteiger partial charge in [0.05, 0.1) is 19.3 Å². The number of rotatable bonds is 3. The van der Waals surface area contributed by atoms with Crippen LogP contribution in [-0.4, -0.2) is 24.5 Å². The minimum atomic E-state index is 0.114. The number of thioether (sulfide) groups is 1. The Labute approximate surface area is 164 Å². The number of nitrogens with one attached hydrogen (secondary N) is 1. The molecule has 2 aromatic carbocycles. The van der Waals surface area contributed by atoms with Crippen LogP contribution in [0.3, 0.4) is 0 Å². The number of para-hydroxylation sites is 1. The summed E-state index contributed by atoms with van der Waals surface area (Å²) in [7, 11) is 1.72. The fourth-order valence-corrected chi connectivity index (χ4v) is 5.41. The molecule has 1 fully saturated rings. The van der Waals surface area contributed by atoms with Crippen molar-refractivity contribution in [3.8, 4) is 5.75 Å². The van der Waals surface area contributed by atoms with Gasteiger partial charge in [0.1, 0.15) is 11.6 Å². The van der Waals surface area contributed by atoms with Gasteiger partial charge in [0, 0.05) is 10.4 Å². The van der Waals surface area contributed by atoms with E-state index in [1.165, 1.54) is 17.1 Å². The SMILES string of the molecule is COc1cccc2c1NC(=NCc1cccc(Cl)c1)C1(CCSCC1)C2. The third-order valence-electron chi connectivity index (χ3n) is 5.37. The topological polar surface area (TPSA) is 33.6 Å². The summed E-state index contributed by atoms with van der Waals surface area (Å²) >= 11 is 8.18. The Kier molecular flexibility index (Phi) is 5.14. The Morgan fingerprint density at radius 2 is 2.00 bits per heavy atom. The molecule has 2 heterocycles. The first-order valence-electron chi connectivity index (χ1n) is 9.00. The standard InChI is InChI=1S/C21H23ClN2OS/c1-25-18-7-3-5-16-13-21(8-10-26-11-9-21)20(24-19(16)18)23-14-15-4-2-6-17(22)12-15/h2-7,12H,8-11,13-14H2,1H3,(H,23,24). The van der Waals surface area contributed by atoms with Crippen molar-refractivity contribution >= 4 is 34.9 Å².